The molecule has 0 amide bonds. The van der Waals surface area contributed by atoms with E-state index in [9.17, 15) is 18.3 Å². The monoisotopic (exact) mass is 417 g/mol. The Morgan fingerprint density at radius 1 is 1.34 bits per heavy atom. The highest BCUT2D eigenvalue weighted by atomic mass is 19.4. The van der Waals surface area contributed by atoms with Crippen molar-refractivity contribution in [3.63, 3.8) is 0 Å². The minimum absolute atomic E-state index is 0.169. The third-order valence-electron chi connectivity index (χ3n) is 5.76. The first-order chi connectivity index (χ1) is 13.6. The molecule has 1 unspecified atom stereocenters. The molecular formula is C20H34F3N5O. The van der Waals surface area contributed by atoms with Gasteiger partial charge in [0, 0.05) is 52.5 Å². The van der Waals surface area contributed by atoms with Crippen molar-refractivity contribution in [1.82, 2.24) is 19.8 Å². The Kier molecular flexibility index (Phi) is 7.96. The van der Waals surface area contributed by atoms with Gasteiger partial charge in [-0.1, -0.05) is 19.8 Å². The van der Waals surface area contributed by atoms with Gasteiger partial charge in [0.25, 0.3) is 0 Å². The lowest BCUT2D eigenvalue weighted by Crippen LogP contribution is -2.45. The number of aliphatic hydroxyl groups is 1. The molecule has 2 N–H and O–H groups in total. The van der Waals surface area contributed by atoms with Crippen molar-refractivity contribution in [2.75, 3.05) is 26.7 Å². The maximum absolute atomic E-state index is 13.6. The number of hydrogen-bond donors (Lipinski definition) is 2. The molecule has 1 aliphatic carbocycles. The lowest BCUT2D eigenvalue weighted by molar-refractivity contribution is -0.272. The molecule has 1 fully saturated rings. The van der Waals surface area contributed by atoms with Gasteiger partial charge in [0.1, 0.15) is 5.82 Å². The van der Waals surface area contributed by atoms with Crippen LogP contribution < -0.4 is 5.32 Å². The van der Waals surface area contributed by atoms with Gasteiger partial charge in [0.2, 0.25) is 5.60 Å². The summed E-state index contributed by atoms with van der Waals surface area (Å²) in [4.78, 5) is 10.1. The minimum atomic E-state index is -4.84. The molecule has 1 aromatic heterocycles. The molecule has 0 aromatic carbocycles. The van der Waals surface area contributed by atoms with Gasteiger partial charge in [0.05, 0.1) is 0 Å². The van der Waals surface area contributed by atoms with Gasteiger partial charge >= 0.3 is 6.18 Å². The van der Waals surface area contributed by atoms with Crippen LogP contribution in [0.3, 0.4) is 0 Å². The summed E-state index contributed by atoms with van der Waals surface area (Å²) in [5.74, 6) is 1.48. The van der Waals surface area contributed by atoms with Crippen LogP contribution >= 0.6 is 0 Å². The van der Waals surface area contributed by atoms with Crippen LogP contribution in [0.15, 0.2) is 17.4 Å². The lowest BCUT2D eigenvalue weighted by atomic mass is 9.83. The van der Waals surface area contributed by atoms with Gasteiger partial charge in [-0.15, -0.1) is 0 Å². The molecule has 2 rings (SSSR count). The average molecular weight is 418 g/mol. The molecule has 0 spiro atoms. The van der Waals surface area contributed by atoms with Crippen LogP contribution in [-0.4, -0.2) is 58.4 Å². The number of nitrogens with zero attached hydrogens (tertiary/aromatic N) is 4. The maximum atomic E-state index is 13.6. The third-order valence-corrected chi connectivity index (χ3v) is 5.76. The van der Waals surface area contributed by atoms with Crippen molar-refractivity contribution in [3.05, 3.63) is 18.2 Å². The van der Waals surface area contributed by atoms with Crippen molar-refractivity contribution in [3.8, 4) is 0 Å². The summed E-state index contributed by atoms with van der Waals surface area (Å²) in [7, 11) is 3.35. The second-order valence-corrected chi connectivity index (χ2v) is 8.21. The first-order valence-corrected chi connectivity index (χ1v) is 10.3. The molecular weight excluding hydrogens is 383 g/mol. The van der Waals surface area contributed by atoms with E-state index in [0.717, 1.165) is 25.3 Å². The Labute approximate surface area is 171 Å². The Hall–Kier alpha value is -1.77. The van der Waals surface area contributed by atoms with Gasteiger partial charge in [-0.05, 0) is 31.6 Å². The van der Waals surface area contributed by atoms with Crippen molar-refractivity contribution in [2.45, 2.75) is 57.7 Å². The van der Waals surface area contributed by atoms with Gasteiger partial charge in [-0.25, -0.2) is 4.98 Å². The number of aliphatic imine (C=N–C) groups is 1. The highest BCUT2D eigenvalue weighted by molar-refractivity contribution is 5.79. The molecule has 1 heterocycles. The van der Waals surface area contributed by atoms with Gasteiger partial charge in [-0.3, -0.25) is 4.99 Å². The highest BCUT2D eigenvalue weighted by Crippen LogP contribution is 2.40. The fourth-order valence-corrected chi connectivity index (χ4v) is 3.92. The van der Waals surface area contributed by atoms with Crippen LogP contribution in [0.2, 0.25) is 0 Å². The van der Waals surface area contributed by atoms with E-state index in [1.807, 2.05) is 18.9 Å². The number of aryl methyl sites for hydroxylation is 1. The number of aromatic nitrogens is 2. The predicted molar refractivity (Wildman–Crippen MR) is 108 cm³/mol. The Balaban J connectivity index is 2.07. The molecule has 0 aliphatic heterocycles. The van der Waals surface area contributed by atoms with E-state index in [1.165, 1.54) is 36.9 Å². The number of hydrogen-bond acceptors (Lipinski definition) is 3. The second-order valence-electron chi connectivity index (χ2n) is 8.21. The van der Waals surface area contributed by atoms with E-state index in [2.05, 4.69) is 22.2 Å². The molecule has 1 atom stereocenters. The van der Waals surface area contributed by atoms with Crippen LogP contribution in [0.1, 0.15) is 51.8 Å². The van der Waals surface area contributed by atoms with Gasteiger partial charge in [-0.2, -0.15) is 13.2 Å². The first kappa shape index (κ1) is 23.5. The number of rotatable bonds is 7. The smallest absolute Gasteiger partial charge is 0.374 e. The third kappa shape index (κ3) is 5.87. The molecule has 1 aliphatic rings. The van der Waals surface area contributed by atoms with Gasteiger partial charge < -0.3 is 19.9 Å². The number of nitrogens with one attached hydrogen (secondary N) is 1. The Bertz CT molecular complexity index is 667. The maximum Gasteiger partial charge on any atom is 0.424 e. The van der Waals surface area contributed by atoms with Crippen molar-refractivity contribution >= 4 is 5.96 Å². The van der Waals surface area contributed by atoms with E-state index in [4.69, 9.17) is 0 Å². The largest absolute Gasteiger partial charge is 0.424 e. The highest BCUT2D eigenvalue weighted by Gasteiger charge is 2.57. The van der Waals surface area contributed by atoms with Crippen LogP contribution in [0.4, 0.5) is 13.2 Å². The predicted octanol–water partition coefficient (Wildman–Crippen LogP) is 3.28. The minimum Gasteiger partial charge on any atom is -0.374 e. The molecule has 0 radical (unpaired) electrons. The summed E-state index contributed by atoms with van der Waals surface area (Å²) in [5, 5.41) is 13.6. The van der Waals surface area contributed by atoms with Crippen molar-refractivity contribution in [2.24, 2.45) is 23.9 Å². The zero-order chi connectivity index (χ0) is 21.7. The number of imidazole rings is 1. The summed E-state index contributed by atoms with van der Waals surface area (Å²) >= 11 is 0. The van der Waals surface area contributed by atoms with Crippen LogP contribution in [0, 0.1) is 11.8 Å². The number of guanidine groups is 1. The molecule has 9 heteroatoms. The molecule has 0 bridgehead atoms. The normalized spacial score (nSPS) is 23.0. The van der Waals surface area contributed by atoms with E-state index in [1.54, 1.807) is 0 Å². The van der Waals surface area contributed by atoms with Crippen molar-refractivity contribution < 1.29 is 18.3 Å². The van der Waals surface area contributed by atoms with E-state index in [-0.39, 0.29) is 6.54 Å². The Morgan fingerprint density at radius 2 is 2.00 bits per heavy atom. The second kappa shape index (κ2) is 9.82. The molecule has 0 saturated heterocycles. The van der Waals surface area contributed by atoms with Crippen molar-refractivity contribution in [1.29, 1.82) is 0 Å². The van der Waals surface area contributed by atoms with Crippen LogP contribution in [-0.2, 0) is 12.6 Å². The van der Waals surface area contributed by atoms with Crippen LogP contribution in [0.25, 0.3) is 0 Å². The summed E-state index contributed by atoms with van der Waals surface area (Å²) in [5.41, 5.74) is -3.04. The first-order valence-electron chi connectivity index (χ1n) is 10.3. The molecule has 6 nitrogen and oxygen atoms in total. The van der Waals surface area contributed by atoms with E-state index in [0.29, 0.717) is 18.4 Å². The quantitative estimate of drug-likeness (QED) is 0.528. The summed E-state index contributed by atoms with van der Waals surface area (Å²) < 4.78 is 42.1. The number of halogens is 3. The standard InChI is InChI=1S/C20H34F3N5O/c1-5-24-18(28(4)14-16-8-6-15(2)7-9-16)26-11-10-19(29,20(21,22)23)17-25-12-13-27(17)3/h12-13,15-16,29H,5-11,14H2,1-4H3,(H,24,26). The lowest BCUT2D eigenvalue weighted by Gasteiger charge is -2.32. The summed E-state index contributed by atoms with van der Waals surface area (Å²) in [6.07, 6.45) is 1.96. The molecule has 166 valence electrons. The van der Waals surface area contributed by atoms with E-state index >= 15 is 0 Å². The fourth-order valence-electron chi connectivity index (χ4n) is 3.92. The molecule has 1 aromatic rings. The Morgan fingerprint density at radius 3 is 2.52 bits per heavy atom. The number of alkyl halides is 3. The topological polar surface area (TPSA) is 65.7 Å². The summed E-state index contributed by atoms with van der Waals surface area (Å²) in [6, 6.07) is 0. The van der Waals surface area contributed by atoms with Crippen LogP contribution in [0.5, 0.6) is 0 Å². The summed E-state index contributed by atoms with van der Waals surface area (Å²) in [6.45, 7) is 5.47. The SMILES string of the molecule is CCNC(=NCCC(O)(c1nccn1C)C(F)(F)F)N(C)CC1CCC(C)CC1. The van der Waals surface area contributed by atoms with Gasteiger partial charge in [0.15, 0.2) is 5.96 Å². The zero-order valence-corrected chi connectivity index (χ0v) is 17.8. The molecule has 29 heavy (non-hydrogen) atoms. The average Bonchev–Trinajstić information content (AvgIpc) is 3.08. The zero-order valence-electron chi connectivity index (χ0n) is 17.8. The fraction of sp³-hybridized carbons (Fsp3) is 0.800. The molecule has 1 saturated carbocycles. The van der Waals surface area contributed by atoms with E-state index < -0.39 is 24.0 Å².